The van der Waals surface area contributed by atoms with E-state index < -0.39 is 23.4 Å². The molecule has 0 saturated heterocycles. The molecule has 1 aliphatic rings. The predicted octanol–water partition coefficient (Wildman–Crippen LogP) is 2.12. The van der Waals surface area contributed by atoms with Gasteiger partial charge in [-0.15, -0.1) is 0 Å². The van der Waals surface area contributed by atoms with Crippen LogP contribution in [0.5, 0.6) is 5.75 Å². The van der Waals surface area contributed by atoms with Crippen molar-refractivity contribution < 1.29 is 23.8 Å². The van der Waals surface area contributed by atoms with Crippen molar-refractivity contribution in [1.82, 2.24) is 10.3 Å². The van der Waals surface area contributed by atoms with Gasteiger partial charge in [-0.05, 0) is 37.4 Å². The zero-order valence-electron chi connectivity index (χ0n) is 16.8. The fourth-order valence-corrected chi connectivity index (χ4v) is 3.60. The van der Waals surface area contributed by atoms with Crippen LogP contribution in [-0.2, 0) is 19.1 Å². The normalized spacial score (nSPS) is 14.7. The van der Waals surface area contributed by atoms with Crippen molar-refractivity contribution in [3.63, 3.8) is 0 Å². The van der Waals surface area contributed by atoms with Crippen LogP contribution in [0.3, 0.4) is 0 Å². The number of benzene rings is 1. The van der Waals surface area contributed by atoms with E-state index in [2.05, 4.69) is 10.3 Å². The van der Waals surface area contributed by atoms with Crippen molar-refractivity contribution in [2.24, 2.45) is 0 Å². The minimum Gasteiger partial charge on any atom is -0.497 e. The van der Waals surface area contributed by atoms with Gasteiger partial charge in [0.15, 0.2) is 0 Å². The Hall–Kier alpha value is -3.55. The van der Waals surface area contributed by atoms with Gasteiger partial charge in [0.05, 0.1) is 43.9 Å². The Morgan fingerprint density at radius 1 is 0.931 bits per heavy atom. The Balaban J connectivity index is 2.31. The van der Waals surface area contributed by atoms with Crippen LogP contribution in [0.15, 0.2) is 51.6 Å². The zero-order valence-corrected chi connectivity index (χ0v) is 16.8. The maximum Gasteiger partial charge on any atom is 0.336 e. The lowest BCUT2D eigenvalue weighted by Crippen LogP contribution is -2.34. The summed E-state index contributed by atoms with van der Waals surface area (Å²) in [6, 6.07) is 6.92. The topological polar surface area (TPSA) is 107 Å². The molecular weight excluding hydrogens is 376 g/mol. The van der Waals surface area contributed by atoms with Crippen molar-refractivity contribution in [3.05, 3.63) is 62.7 Å². The van der Waals surface area contributed by atoms with E-state index in [0.717, 1.165) is 5.39 Å². The van der Waals surface area contributed by atoms with Crippen molar-refractivity contribution in [1.29, 1.82) is 0 Å². The summed E-state index contributed by atoms with van der Waals surface area (Å²) in [5.74, 6) is -1.61. The Morgan fingerprint density at radius 3 is 2.03 bits per heavy atom. The summed E-state index contributed by atoms with van der Waals surface area (Å²) < 4.78 is 15.0. The summed E-state index contributed by atoms with van der Waals surface area (Å²) in [5, 5.41) is 3.73. The van der Waals surface area contributed by atoms with Crippen LogP contribution < -0.4 is 15.6 Å². The number of hydrogen-bond donors (Lipinski definition) is 2. The highest BCUT2D eigenvalue weighted by molar-refractivity contribution is 6.00. The molecule has 2 N–H and O–H groups in total. The molecule has 2 aromatic rings. The van der Waals surface area contributed by atoms with Crippen molar-refractivity contribution in [2.75, 3.05) is 21.3 Å². The number of ether oxygens (including phenoxy) is 3. The molecule has 0 aliphatic carbocycles. The maximum absolute atomic E-state index is 13.0. The molecule has 152 valence electrons. The van der Waals surface area contributed by atoms with E-state index in [-0.39, 0.29) is 16.7 Å². The number of H-pyrrole nitrogens is 1. The monoisotopic (exact) mass is 398 g/mol. The highest BCUT2D eigenvalue weighted by Crippen LogP contribution is 2.38. The quantitative estimate of drug-likeness (QED) is 0.760. The molecule has 0 bridgehead atoms. The second-order valence-electron chi connectivity index (χ2n) is 6.63. The van der Waals surface area contributed by atoms with Gasteiger partial charge in [-0.1, -0.05) is 0 Å². The lowest BCUT2D eigenvalue weighted by molar-refractivity contribution is -0.137. The number of methoxy groups -OCH3 is 3. The number of allylic oxidation sites excluding steroid dienone is 2. The maximum atomic E-state index is 13.0. The molecular formula is C21H22N2O6. The third kappa shape index (κ3) is 3.49. The van der Waals surface area contributed by atoms with Crippen LogP contribution >= 0.6 is 0 Å². The molecule has 8 nitrogen and oxygen atoms in total. The minimum atomic E-state index is -0.939. The molecule has 0 spiro atoms. The number of carbonyl (C=O) groups excluding carboxylic acids is 2. The van der Waals surface area contributed by atoms with E-state index in [1.54, 1.807) is 38.1 Å². The Bertz CT molecular complexity index is 1090. The smallest absolute Gasteiger partial charge is 0.336 e. The largest absolute Gasteiger partial charge is 0.497 e. The van der Waals surface area contributed by atoms with Gasteiger partial charge in [0.25, 0.3) is 5.56 Å². The standard InChI is InChI=1S/C21H22N2O6/c1-10-16(20(25)28-4)18(17(11(2)22-10)21(26)29-5)14-8-12-6-7-13(27-3)9-15(12)23-19(14)24/h6-9,18,22H,1-5H3,(H,23,24). The number of fused-ring (bicyclic) bond motifs is 1. The summed E-state index contributed by atoms with van der Waals surface area (Å²) >= 11 is 0. The summed E-state index contributed by atoms with van der Waals surface area (Å²) in [6.07, 6.45) is 0. The second kappa shape index (κ2) is 7.83. The van der Waals surface area contributed by atoms with Crippen LogP contribution in [0.4, 0.5) is 0 Å². The molecule has 1 aromatic heterocycles. The van der Waals surface area contributed by atoms with E-state index >= 15 is 0 Å². The van der Waals surface area contributed by atoms with Gasteiger partial charge in [-0.25, -0.2) is 9.59 Å². The van der Waals surface area contributed by atoms with E-state index in [1.807, 2.05) is 0 Å². The number of carbonyl (C=O) groups is 2. The molecule has 1 aliphatic heterocycles. The molecule has 2 heterocycles. The summed E-state index contributed by atoms with van der Waals surface area (Å²) in [4.78, 5) is 40.9. The highest BCUT2D eigenvalue weighted by atomic mass is 16.5. The van der Waals surface area contributed by atoms with Gasteiger partial charge < -0.3 is 24.5 Å². The van der Waals surface area contributed by atoms with E-state index in [1.165, 1.54) is 21.3 Å². The summed E-state index contributed by atoms with van der Waals surface area (Å²) in [7, 11) is 4.04. The number of aromatic amines is 1. The van der Waals surface area contributed by atoms with Crippen LogP contribution in [0, 0.1) is 0 Å². The molecule has 0 saturated carbocycles. The minimum absolute atomic E-state index is 0.178. The first-order valence-electron chi connectivity index (χ1n) is 8.88. The summed E-state index contributed by atoms with van der Waals surface area (Å²) in [6.45, 7) is 3.38. The first-order chi connectivity index (χ1) is 13.8. The molecule has 0 radical (unpaired) electrons. The zero-order chi connectivity index (χ0) is 21.3. The Kier molecular flexibility index (Phi) is 5.45. The van der Waals surface area contributed by atoms with Gasteiger partial charge in [0.1, 0.15) is 5.75 Å². The van der Waals surface area contributed by atoms with Gasteiger partial charge in [-0.3, -0.25) is 4.79 Å². The van der Waals surface area contributed by atoms with Crippen LogP contribution in [0.2, 0.25) is 0 Å². The Labute approximate surface area is 167 Å². The van der Waals surface area contributed by atoms with Crippen LogP contribution in [0.1, 0.15) is 25.3 Å². The fraction of sp³-hybridized carbons (Fsp3) is 0.286. The van der Waals surface area contributed by atoms with Gasteiger partial charge in [0.2, 0.25) is 0 Å². The van der Waals surface area contributed by atoms with Crippen molar-refractivity contribution in [3.8, 4) is 5.75 Å². The molecule has 0 fully saturated rings. The van der Waals surface area contributed by atoms with Gasteiger partial charge in [-0.2, -0.15) is 0 Å². The number of hydrogen-bond acceptors (Lipinski definition) is 7. The van der Waals surface area contributed by atoms with Crippen LogP contribution in [0.25, 0.3) is 10.9 Å². The molecule has 29 heavy (non-hydrogen) atoms. The highest BCUT2D eigenvalue weighted by Gasteiger charge is 2.39. The molecule has 0 unspecified atom stereocenters. The number of nitrogens with one attached hydrogen (secondary N) is 2. The molecule has 0 amide bonds. The van der Waals surface area contributed by atoms with Crippen molar-refractivity contribution in [2.45, 2.75) is 19.8 Å². The molecule has 0 atom stereocenters. The number of pyridine rings is 1. The number of dihydropyridines is 1. The number of rotatable bonds is 4. The lowest BCUT2D eigenvalue weighted by atomic mass is 9.80. The van der Waals surface area contributed by atoms with Gasteiger partial charge >= 0.3 is 11.9 Å². The average Bonchev–Trinajstić information content (AvgIpc) is 2.71. The van der Waals surface area contributed by atoms with Gasteiger partial charge in [0, 0.05) is 23.0 Å². The first-order valence-corrected chi connectivity index (χ1v) is 8.88. The fourth-order valence-electron chi connectivity index (χ4n) is 3.60. The second-order valence-corrected chi connectivity index (χ2v) is 6.63. The molecule has 8 heteroatoms. The van der Waals surface area contributed by atoms with Crippen molar-refractivity contribution >= 4 is 22.8 Å². The SMILES string of the molecule is COC(=O)C1=C(C)NC(C)=C(C(=O)OC)C1c1cc2ccc(OC)cc2[nH]c1=O. The molecule has 3 rings (SSSR count). The Morgan fingerprint density at radius 2 is 1.52 bits per heavy atom. The number of esters is 2. The van der Waals surface area contributed by atoms with E-state index in [9.17, 15) is 14.4 Å². The number of aromatic nitrogens is 1. The third-order valence-electron chi connectivity index (χ3n) is 4.96. The summed E-state index contributed by atoms with van der Waals surface area (Å²) in [5.41, 5.74) is 1.74. The molecule has 1 aromatic carbocycles. The van der Waals surface area contributed by atoms with Crippen LogP contribution in [-0.4, -0.2) is 38.3 Å². The van der Waals surface area contributed by atoms with E-state index in [0.29, 0.717) is 22.7 Å². The average molecular weight is 398 g/mol. The first kappa shape index (κ1) is 20.2. The third-order valence-corrected chi connectivity index (χ3v) is 4.96. The van der Waals surface area contributed by atoms with E-state index in [4.69, 9.17) is 14.2 Å². The predicted molar refractivity (Wildman–Crippen MR) is 106 cm³/mol. The lowest BCUT2D eigenvalue weighted by Gasteiger charge is -2.29.